The van der Waals surface area contributed by atoms with Gasteiger partial charge >= 0.3 is 0 Å². The van der Waals surface area contributed by atoms with Crippen molar-refractivity contribution in [3.63, 3.8) is 0 Å². The van der Waals surface area contributed by atoms with Crippen LogP contribution in [-0.4, -0.2) is 9.38 Å². The maximum Gasteiger partial charge on any atom is 0.137 e. The zero-order valence-corrected chi connectivity index (χ0v) is 9.49. The van der Waals surface area contributed by atoms with E-state index < -0.39 is 0 Å². The number of hydrogen-bond donors (Lipinski definition) is 1. The predicted octanol–water partition coefficient (Wildman–Crippen LogP) is 2.22. The second kappa shape index (κ2) is 3.66. The van der Waals surface area contributed by atoms with Gasteiger partial charge in [0.2, 0.25) is 0 Å². The van der Waals surface area contributed by atoms with Crippen molar-refractivity contribution in [2.24, 2.45) is 5.73 Å². The fourth-order valence-electron chi connectivity index (χ4n) is 1.85. The predicted molar refractivity (Wildman–Crippen MR) is 61.9 cm³/mol. The van der Waals surface area contributed by atoms with Crippen LogP contribution in [0.3, 0.4) is 0 Å². The second-order valence-electron chi connectivity index (χ2n) is 3.97. The van der Waals surface area contributed by atoms with Crippen LogP contribution in [0.2, 0.25) is 0 Å². The summed E-state index contributed by atoms with van der Waals surface area (Å²) in [5, 5.41) is 0. The van der Waals surface area contributed by atoms with E-state index in [0.717, 1.165) is 23.3 Å². The summed E-state index contributed by atoms with van der Waals surface area (Å²) in [5.74, 6) is 0. The average Bonchev–Trinajstić information content (AvgIpc) is 2.55. The van der Waals surface area contributed by atoms with Crippen LogP contribution in [0, 0.1) is 6.92 Å². The summed E-state index contributed by atoms with van der Waals surface area (Å²) in [6.07, 6.45) is 3.02. The van der Waals surface area contributed by atoms with Crippen molar-refractivity contribution in [2.45, 2.75) is 33.2 Å². The lowest BCUT2D eigenvalue weighted by molar-refractivity contribution is 0.815. The summed E-state index contributed by atoms with van der Waals surface area (Å²) in [5.41, 5.74) is 10.4. The molecule has 0 aromatic carbocycles. The number of imidazole rings is 1. The van der Waals surface area contributed by atoms with E-state index >= 15 is 0 Å². The number of nitrogens with zero attached hydrogens (tertiary/aromatic N) is 2. The highest BCUT2D eigenvalue weighted by molar-refractivity contribution is 5.46. The maximum atomic E-state index is 5.85. The van der Waals surface area contributed by atoms with E-state index in [4.69, 9.17) is 5.73 Å². The van der Waals surface area contributed by atoms with Gasteiger partial charge in [-0.2, -0.15) is 0 Å². The number of aryl methyl sites for hydroxylation is 2. The smallest absolute Gasteiger partial charge is 0.137 e. The van der Waals surface area contributed by atoms with Gasteiger partial charge in [0.1, 0.15) is 5.65 Å². The first kappa shape index (κ1) is 10.2. The van der Waals surface area contributed by atoms with E-state index in [-0.39, 0.29) is 6.04 Å². The highest BCUT2D eigenvalue weighted by Gasteiger charge is 2.07. The van der Waals surface area contributed by atoms with Gasteiger partial charge in [0.25, 0.3) is 0 Å². The number of hydrogen-bond acceptors (Lipinski definition) is 2. The van der Waals surface area contributed by atoms with Crippen LogP contribution in [0.15, 0.2) is 18.3 Å². The largest absolute Gasteiger partial charge is 0.324 e. The molecular formula is C12H17N3. The molecule has 0 saturated carbocycles. The molecule has 3 heteroatoms. The van der Waals surface area contributed by atoms with Gasteiger partial charge in [0, 0.05) is 17.9 Å². The van der Waals surface area contributed by atoms with Crippen LogP contribution in [-0.2, 0) is 6.42 Å². The molecule has 0 spiro atoms. The van der Waals surface area contributed by atoms with Crippen molar-refractivity contribution >= 4 is 5.65 Å². The molecule has 0 saturated heterocycles. The number of rotatable bonds is 2. The van der Waals surface area contributed by atoms with Gasteiger partial charge in [0.15, 0.2) is 0 Å². The molecule has 2 N–H and O–H groups in total. The van der Waals surface area contributed by atoms with Crippen LogP contribution in [0.4, 0.5) is 0 Å². The lowest BCUT2D eigenvalue weighted by atomic mass is 10.1. The minimum atomic E-state index is 0.0667. The molecular weight excluding hydrogens is 186 g/mol. The summed E-state index contributed by atoms with van der Waals surface area (Å²) >= 11 is 0. The van der Waals surface area contributed by atoms with E-state index in [1.807, 2.05) is 6.92 Å². The summed E-state index contributed by atoms with van der Waals surface area (Å²) in [6.45, 7) is 6.22. The number of fused-ring (bicyclic) bond motifs is 1. The van der Waals surface area contributed by atoms with Crippen molar-refractivity contribution in [2.75, 3.05) is 0 Å². The van der Waals surface area contributed by atoms with E-state index in [2.05, 4.69) is 41.6 Å². The van der Waals surface area contributed by atoms with Gasteiger partial charge in [-0.15, -0.1) is 0 Å². The Bertz CT molecular complexity index is 483. The Morgan fingerprint density at radius 2 is 2.27 bits per heavy atom. The first-order valence-corrected chi connectivity index (χ1v) is 5.36. The quantitative estimate of drug-likeness (QED) is 0.813. The third kappa shape index (κ3) is 1.63. The van der Waals surface area contributed by atoms with E-state index in [9.17, 15) is 0 Å². The molecule has 0 amide bonds. The molecule has 15 heavy (non-hydrogen) atoms. The van der Waals surface area contributed by atoms with Crippen LogP contribution < -0.4 is 5.73 Å². The fraction of sp³-hybridized carbons (Fsp3) is 0.417. The SMILES string of the molecule is CCc1nc2cc(C(C)N)ccn2c1C. The lowest BCUT2D eigenvalue weighted by Gasteiger charge is -2.05. The van der Waals surface area contributed by atoms with Gasteiger partial charge in [-0.05, 0) is 38.0 Å². The normalized spacial score (nSPS) is 13.3. The van der Waals surface area contributed by atoms with Crippen molar-refractivity contribution in [1.82, 2.24) is 9.38 Å². The highest BCUT2D eigenvalue weighted by Crippen LogP contribution is 2.16. The van der Waals surface area contributed by atoms with Gasteiger partial charge < -0.3 is 10.1 Å². The molecule has 0 fully saturated rings. The Balaban J connectivity index is 2.63. The highest BCUT2D eigenvalue weighted by atomic mass is 15.0. The van der Waals surface area contributed by atoms with Gasteiger partial charge in [-0.3, -0.25) is 0 Å². The molecule has 80 valence electrons. The summed E-state index contributed by atoms with van der Waals surface area (Å²) in [7, 11) is 0. The van der Waals surface area contributed by atoms with Gasteiger partial charge in [-0.1, -0.05) is 6.92 Å². The van der Waals surface area contributed by atoms with E-state index in [1.165, 1.54) is 5.69 Å². The number of pyridine rings is 1. The van der Waals surface area contributed by atoms with Crippen molar-refractivity contribution in [3.8, 4) is 0 Å². The lowest BCUT2D eigenvalue weighted by Crippen LogP contribution is -2.05. The van der Waals surface area contributed by atoms with Gasteiger partial charge in [-0.25, -0.2) is 4.98 Å². The van der Waals surface area contributed by atoms with Crippen LogP contribution in [0.25, 0.3) is 5.65 Å². The Labute approximate surface area is 89.9 Å². The topological polar surface area (TPSA) is 43.3 Å². The summed E-state index contributed by atoms with van der Waals surface area (Å²) in [4.78, 5) is 4.58. The molecule has 0 aliphatic heterocycles. The molecule has 2 aromatic heterocycles. The Hall–Kier alpha value is -1.35. The van der Waals surface area contributed by atoms with Crippen LogP contribution in [0.1, 0.15) is 36.8 Å². The minimum absolute atomic E-state index is 0.0667. The van der Waals surface area contributed by atoms with Crippen LogP contribution >= 0.6 is 0 Å². The molecule has 2 heterocycles. The molecule has 1 unspecified atom stereocenters. The maximum absolute atomic E-state index is 5.85. The van der Waals surface area contributed by atoms with Gasteiger partial charge in [0.05, 0.1) is 5.69 Å². The molecule has 2 rings (SSSR count). The van der Waals surface area contributed by atoms with E-state index in [1.54, 1.807) is 0 Å². The summed E-state index contributed by atoms with van der Waals surface area (Å²) in [6, 6.07) is 4.19. The standard InChI is InChI=1S/C12H17N3/c1-4-11-9(3)15-6-5-10(8(2)13)7-12(15)14-11/h5-8H,4,13H2,1-3H3. The molecule has 3 nitrogen and oxygen atoms in total. The monoisotopic (exact) mass is 203 g/mol. The fourth-order valence-corrected chi connectivity index (χ4v) is 1.85. The first-order valence-electron chi connectivity index (χ1n) is 5.36. The number of nitrogens with two attached hydrogens (primary N) is 1. The molecule has 0 aliphatic rings. The molecule has 2 aromatic rings. The Morgan fingerprint density at radius 3 is 2.87 bits per heavy atom. The zero-order chi connectivity index (χ0) is 11.0. The molecule has 0 bridgehead atoms. The second-order valence-corrected chi connectivity index (χ2v) is 3.97. The third-order valence-corrected chi connectivity index (χ3v) is 2.85. The Kier molecular flexibility index (Phi) is 2.49. The number of aromatic nitrogens is 2. The third-order valence-electron chi connectivity index (χ3n) is 2.85. The van der Waals surface area contributed by atoms with Crippen molar-refractivity contribution < 1.29 is 0 Å². The molecule has 0 radical (unpaired) electrons. The van der Waals surface area contributed by atoms with Crippen molar-refractivity contribution in [3.05, 3.63) is 35.3 Å². The molecule has 0 aliphatic carbocycles. The van der Waals surface area contributed by atoms with Crippen LogP contribution in [0.5, 0.6) is 0 Å². The minimum Gasteiger partial charge on any atom is -0.324 e. The zero-order valence-electron chi connectivity index (χ0n) is 9.49. The van der Waals surface area contributed by atoms with E-state index in [0.29, 0.717) is 0 Å². The summed E-state index contributed by atoms with van der Waals surface area (Å²) < 4.78 is 2.12. The van der Waals surface area contributed by atoms with Crippen molar-refractivity contribution in [1.29, 1.82) is 0 Å². The first-order chi connectivity index (χ1) is 7.13. The molecule has 1 atom stereocenters. The Morgan fingerprint density at radius 1 is 1.53 bits per heavy atom. The average molecular weight is 203 g/mol.